The molecule has 2 amide bonds. The van der Waals surface area contributed by atoms with Crippen molar-refractivity contribution in [1.82, 2.24) is 25.1 Å². The van der Waals surface area contributed by atoms with Gasteiger partial charge in [0.2, 0.25) is 11.8 Å². The number of nitrogens with one attached hydrogen (secondary N) is 2. The second-order valence-electron chi connectivity index (χ2n) is 7.08. The Kier molecular flexibility index (Phi) is 7.20. The number of rotatable bonds is 9. The first-order valence-corrected chi connectivity index (χ1v) is 11.9. The first-order chi connectivity index (χ1) is 16.0. The molecular formula is C22H22N6O3S2. The van der Waals surface area contributed by atoms with Crippen LogP contribution in [0.4, 0.5) is 5.13 Å². The summed E-state index contributed by atoms with van der Waals surface area (Å²) in [6.07, 6.45) is 0.259. The number of carbonyl (C=O) groups is 2. The second kappa shape index (κ2) is 10.5. The van der Waals surface area contributed by atoms with Crippen LogP contribution in [-0.4, -0.2) is 44.4 Å². The van der Waals surface area contributed by atoms with E-state index < -0.39 is 0 Å². The summed E-state index contributed by atoms with van der Waals surface area (Å²) in [6, 6.07) is 15.1. The summed E-state index contributed by atoms with van der Waals surface area (Å²) in [5.41, 5.74) is 1.75. The van der Waals surface area contributed by atoms with Crippen molar-refractivity contribution in [2.24, 2.45) is 7.05 Å². The lowest BCUT2D eigenvalue weighted by Crippen LogP contribution is -2.26. The van der Waals surface area contributed by atoms with Crippen molar-refractivity contribution >= 4 is 50.3 Å². The predicted molar refractivity (Wildman–Crippen MR) is 129 cm³/mol. The third-order valence-electron chi connectivity index (χ3n) is 4.77. The predicted octanol–water partition coefficient (Wildman–Crippen LogP) is 3.02. The molecule has 2 N–H and O–H groups in total. The highest BCUT2D eigenvalue weighted by molar-refractivity contribution is 7.99. The number of para-hydroxylation sites is 1. The molecule has 11 heteroatoms. The van der Waals surface area contributed by atoms with Crippen LogP contribution in [0, 0.1) is 0 Å². The molecule has 0 aliphatic carbocycles. The number of hydrogen-bond acceptors (Lipinski definition) is 8. The Morgan fingerprint density at radius 1 is 1.09 bits per heavy atom. The van der Waals surface area contributed by atoms with Gasteiger partial charge in [0, 0.05) is 7.05 Å². The number of anilines is 1. The number of amides is 2. The number of aromatic nitrogens is 4. The number of ether oxygens (including phenoxy) is 1. The maximum atomic E-state index is 12.3. The van der Waals surface area contributed by atoms with Gasteiger partial charge in [-0.2, -0.15) is 0 Å². The van der Waals surface area contributed by atoms with Gasteiger partial charge in [-0.1, -0.05) is 47.4 Å². The van der Waals surface area contributed by atoms with E-state index in [1.807, 2.05) is 48.5 Å². The first kappa shape index (κ1) is 22.7. The zero-order valence-electron chi connectivity index (χ0n) is 18.1. The molecule has 2 aromatic heterocycles. The highest BCUT2D eigenvalue weighted by atomic mass is 32.2. The third-order valence-corrected chi connectivity index (χ3v) is 6.74. The van der Waals surface area contributed by atoms with Gasteiger partial charge in [-0.05, 0) is 29.8 Å². The molecule has 0 spiro atoms. The van der Waals surface area contributed by atoms with E-state index in [1.54, 1.807) is 18.7 Å². The summed E-state index contributed by atoms with van der Waals surface area (Å²) in [6.45, 7) is 0.247. The van der Waals surface area contributed by atoms with Crippen molar-refractivity contribution in [2.45, 2.75) is 18.1 Å². The van der Waals surface area contributed by atoms with Gasteiger partial charge in [-0.3, -0.25) is 9.59 Å². The number of methoxy groups -OCH3 is 1. The Labute approximate surface area is 198 Å². The van der Waals surface area contributed by atoms with Crippen LogP contribution in [0.5, 0.6) is 5.75 Å². The summed E-state index contributed by atoms with van der Waals surface area (Å²) >= 11 is 2.71. The lowest BCUT2D eigenvalue weighted by atomic mass is 10.1. The van der Waals surface area contributed by atoms with Gasteiger partial charge in [0.25, 0.3) is 0 Å². The van der Waals surface area contributed by atoms with Crippen molar-refractivity contribution in [1.29, 1.82) is 0 Å². The Balaban J connectivity index is 1.25. The fourth-order valence-electron chi connectivity index (χ4n) is 3.00. The fourth-order valence-corrected chi connectivity index (χ4v) is 4.62. The fraction of sp³-hybridized carbons (Fsp3) is 0.227. The second-order valence-corrected chi connectivity index (χ2v) is 9.06. The number of hydrogen-bond donors (Lipinski definition) is 2. The molecule has 0 fully saturated rings. The summed E-state index contributed by atoms with van der Waals surface area (Å²) in [5, 5.41) is 15.1. The molecule has 0 atom stereocenters. The van der Waals surface area contributed by atoms with Crippen LogP contribution >= 0.6 is 23.1 Å². The van der Waals surface area contributed by atoms with Crippen molar-refractivity contribution in [2.75, 3.05) is 18.2 Å². The normalized spacial score (nSPS) is 10.8. The summed E-state index contributed by atoms with van der Waals surface area (Å²) in [5.74, 6) is 1.24. The molecule has 4 aromatic rings. The molecule has 0 aliphatic rings. The highest BCUT2D eigenvalue weighted by Crippen LogP contribution is 2.25. The molecule has 2 heterocycles. The summed E-state index contributed by atoms with van der Waals surface area (Å²) in [4.78, 5) is 29.0. The van der Waals surface area contributed by atoms with Gasteiger partial charge < -0.3 is 19.9 Å². The molecule has 33 heavy (non-hydrogen) atoms. The number of thiazole rings is 1. The lowest BCUT2D eigenvalue weighted by molar-refractivity contribution is -0.120. The minimum atomic E-state index is -0.170. The van der Waals surface area contributed by atoms with E-state index in [4.69, 9.17) is 4.74 Å². The lowest BCUT2D eigenvalue weighted by Gasteiger charge is -2.07. The van der Waals surface area contributed by atoms with Crippen molar-refractivity contribution in [3.63, 3.8) is 0 Å². The van der Waals surface area contributed by atoms with E-state index in [-0.39, 0.29) is 30.5 Å². The standard InChI is InChI=1S/C22H22N6O3S2/c1-28-18(12-23-19(29)11-14-7-9-15(31-2)10-8-14)26-27-22(28)32-13-20(30)25-21-24-16-5-3-4-6-17(16)33-21/h3-10H,11-13H2,1-2H3,(H,23,29)(H,24,25,30). The van der Waals surface area contributed by atoms with Gasteiger partial charge in [-0.15, -0.1) is 10.2 Å². The molecule has 2 aromatic carbocycles. The summed E-state index contributed by atoms with van der Waals surface area (Å²) in [7, 11) is 3.41. The molecule has 4 rings (SSSR count). The topological polar surface area (TPSA) is 111 Å². The van der Waals surface area contributed by atoms with Crippen LogP contribution in [0.25, 0.3) is 10.2 Å². The van der Waals surface area contributed by atoms with E-state index in [1.165, 1.54) is 23.1 Å². The minimum absolute atomic E-state index is 0.118. The first-order valence-electron chi connectivity index (χ1n) is 10.1. The molecule has 0 unspecified atom stereocenters. The van der Waals surface area contributed by atoms with Gasteiger partial charge in [0.15, 0.2) is 16.1 Å². The monoisotopic (exact) mass is 482 g/mol. The van der Waals surface area contributed by atoms with Crippen LogP contribution in [0.3, 0.4) is 0 Å². The number of benzene rings is 2. The molecule has 0 aliphatic heterocycles. The molecular weight excluding hydrogens is 460 g/mol. The van der Waals surface area contributed by atoms with E-state index in [9.17, 15) is 9.59 Å². The molecule has 170 valence electrons. The summed E-state index contributed by atoms with van der Waals surface area (Å²) < 4.78 is 7.91. The average Bonchev–Trinajstić information content (AvgIpc) is 3.39. The Morgan fingerprint density at radius 3 is 2.64 bits per heavy atom. The molecule has 0 bridgehead atoms. The third kappa shape index (κ3) is 5.88. The smallest absolute Gasteiger partial charge is 0.236 e. The van der Waals surface area contributed by atoms with Crippen LogP contribution in [0.15, 0.2) is 53.7 Å². The molecule has 0 saturated carbocycles. The largest absolute Gasteiger partial charge is 0.497 e. The zero-order valence-corrected chi connectivity index (χ0v) is 19.7. The molecule has 0 radical (unpaired) electrons. The SMILES string of the molecule is COc1ccc(CC(=O)NCc2nnc(SCC(=O)Nc3nc4ccccc4s3)n2C)cc1. The number of carbonyl (C=O) groups excluding carboxylic acids is 2. The van der Waals surface area contributed by atoms with E-state index in [2.05, 4.69) is 25.8 Å². The maximum absolute atomic E-state index is 12.3. The van der Waals surface area contributed by atoms with E-state index >= 15 is 0 Å². The Morgan fingerprint density at radius 2 is 1.88 bits per heavy atom. The molecule has 0 saturated heterocycles. The van der Waals surface area contributed by atoms with Crippen LogP contribution in [-0.2, 0) is 29.6 Å². The van der Waals surface area contributed by atoms with E-state index in [0.717, 1.165) is 21.5 Å². The highest BCUT2D eigenvalue weighted by Gasteiger charge is 2.14. The minimum Gasteiger partial charge on any atom is -0.497 e. The zero-order chi connectivity index (χ0) is 23.2. The Bertz CT molecular complexity index is 1240. The average molecular weight is 483 g/mol. The molecule has 9 nitrogen and oxygen atoms in total. The van der Waals surface area contributed by atoms with E-state index in [0.29, 0.717) is 16.1 Å². The van der Waals surface area contributed by atoms with Gasteiger partial charge >= 0.3 is 0 Å². The van der Waals surface area contributed by atoms with Crippen LogP contribution in [0.2, 0.25) is 0 Å². The number of nitrogens with zero attached hydrogens (tertiary/aromatic N) is 4. The van der Waals surface area contributed by atoms with Gasteiger partial charge in [-0.25, -0.2) is 4.98 Å². The van der Waals surface area contributed by atoms with Gasteiger partial charge in [0.1, 0.15) is 5.75 Å². The van der Waals surface area contributed by atoms with Crippen LogP contribution in [0.1, 0.15) is 11.4 Å². The van der Waals surface area contributed by atoms with Crippen LogP contribution < -0.4 is 15.4 Å². The Hall–Kier alpha value is -3.44. The number of fused-ring (bicyclic) bond motifs is 1. The maximum Gasteiger partial charge on any atom is 0.236 e. The van der Waals surface area contributed by atoms with Crippen molar-refractivity contribution in [3.8, 4) is 5.75 Å². The van der Waals surface area contributed by atoms with Gasteiger partial charge in [0.05, 0.1) is 36.0 Å². The quantitative estimate of drug-likeness (QED) is 0.353. The number of thioether (sulfide) groups is 1. The van der Waals surface area contributed by atoms with Crippen molar-refractivity contribution < 1.29 is 14.3 Å². The van der Waals surface area contributed by atoms with Crippen molar-refractivity contribution in [3.05, 3.63) is 59.9 Å².